The summed E-state index contributed by atoms with van der Waals surface area (Å²) < 4.78 is 12.5. The van der Waals surface area contributed by atoms with Crippen LogP contribution in [0.5, 0.6) is 11.5 Å². The predicted octanol–water partition coefficient (Wildman–Crippen LogP) is 1.47. The molecule has 20 heavy (non-hydrogen) atoms. The fourth-order valence-electron chi connectivity index (χ4n) is 2.24. The number of nitrogens with one attached hydrogen (secondary N) is 1. The molecule has 0 radical (unpaired) electrons. The fraction of sp³-hybridized carbons (Fsp3) is 0.357. The van der Waals surface area contributed by atoms with Crippen molar-refractivity contribution in [3.05, 3.63) is 41.7 Å². The van der Waals surface area contributed by atoms with Gasteiger partial charge in [-0.25, -0.2) is 5.43 Å². The number of hydrogen-bond donors (Lipinski definition) is 2. The van der Waals surface area contributed by atoms with Crippen LogP contribution in [0.25, 0.3) is 0 Å². The summed E-state index contributed by atoms with van der Waals surface area (Å²) in [5, 5.41) is 4.27. The molecule has 1 unspecified atom stereocenters. The molecular formula is C14H20N4O2. The summed E-state index contributed by atoms with van der Waals surface area (Å²) in [5.74, 6) is 7.20. The van der Waals surface area contributed by atoms with E-state index >= 15 is 0 Å². The van der Waals surface area contributed by atoms with Crippen molar-refractivity contribution in [3.8, 4) is 11.5 Å². The van der Waals surface area contributed by atoms with Crippen molar-refractivity contribution in [2.75, 3.05) is 14.2 Å². The number of aryl methyl sites for hydroxylation is 1. The summed E-state index contributed by atoms with van der Waals surface area (Å²) in [5.41, 5.74) is 4.75. The fourth-order valence-corrected chi connectivity index (χ4v) is 2.24. The molecule has 0 bridgehead atoms. The van der Waals surface area contributed by atoms with E-state index in [9.17, 15) is 0 Å². The normalized spacial score (nSPS) is 12.2. The lowest BCUT2D eigenvalue weighted by Gasteiger charge is -2.20. The Morgan fingerprint density at radius 3 is 2.70 bits per heavy atom. The van der Waals surface area contributed by atoms with E-state index in [1.54, 1.807) is 20.4 Å². The third kappa shape index (κ3) is 2.61. The van der Waals surface area contributed by atoms with Crippen LogP contribution in [0.2, 0.25) is 0 Å². The van der Waals surface area contributed by atoms with Crippen LogP contribution in [0.15, 0.2) is 30.5 Å². The molecule has 3 N–H and O–H groups in total. The molecule has 1 heterocycles. The number of ether oxygens (including phenoxy) is 2. The molecule has 0 amide bonds. The Hall–Kier alpha value is -2.05. The van der Waals surface area contributed by atoms with E-state index in [1.165, 1.54) is 0 Å². The summed E-state index contributed by atoms with van der Waals surface area (Å²) >= 11 is 0. The van der Waals surface area contributed by atoms with Crippen molar-refractivity contribution in [3.63, 3.8) is 0 Å². The smallest absolute Gasteiger partial charge is 0.127 e. The molecule has 1 aromatic carbocycles. The van der Waals surface area contributed by atoms with E-state index in [-0.39, 0.29) is 6.04 Å². The zero-order chi connectivity index (χ0) is 14.5. The summed E-state index contributed by atoms with van der Waals surface area (Å²) in [7, 11) is 3.25. The van der Waals surface area contributed by atoms with Crippen molar-refractivity contribution in [1.82, 2.24) is 15.2 Å². The summed E-state index contributed by atoms with van der Waals surface area (Å²) in [6.45, 7) is 2.81. The monoisotopic (exact) mass is 276 g/mol. The molecule has 0 aliphatic heterocycles. The SMILES string of the molecule is CCn1nccc1C(NN)c1ccc(OC)cc1OC. The first-order valence-electron chi connectivity index (χ1n) is 6.44. The highest BCUT2D eigenvalue weighted by molar-refractivity contribution is 5.45. The van der Waals surface area contributed by atoms with Gasteiger partial charge in [0.1, 0.15) is 11.5 Å². The average molecular weight is 276 g/mol. The largest absolute Gasteiger partial charge is 0.497 e. The van der Waals surface area contributed by atoms with Crippen molar-refractivity contribution in [2.45, 2.75) is 19.5 Å². The number of aromatic nitrogens is 2. The van der Waals surface area contributed by atoms with E-state index < -0.39 is 0 Å². The number of rotatable bonds is 6. The first-order valence-corrected chi connectivity index (χ1v) is 6.44. The van der Waals surface area contributed by atoms with Gasteiger partial charge in [-0.15, -0.1) is 0 Å². The van der Waals surface area contributed by atoms with Gasteiger partial charge in [-0.2, -0.15) is 5.10 Å². The molecule has 1 atom stereocenters. The summed E-state index contributed by atoms with van der Waals surface area (Å²) in [4.78, 5) is 0. The summed E-state index contributed by atoms with van der Waals surface area (Å²) in [6.07, 6.45) is 1.76. The van der Waals surface area contributed by atoms with E-state index in [4.69, 9.17) is 15.3 Å². The van der Waals surface area contributed by atoms with Crippen molar-refractivity contribution in [2.24, 2.45) is 5.84 Å². The lowest BCUT2D eigenvalue weighted by Crippen LogP contribution is -2.31. The second-order valence-corrected chi connectivity index (χ2v) is 4.28. The van der Waals surface area contributed by atoms with Crippen molar-refractivity contribution in [1.29, 1.82) is 0 Å². The van der Waals surface area contributed by atoms with Gasteiger partial charge in [0.25, 0.3) is 0 Å². The molecule has 108 valence electrons. The number of methoxy groups -OCH3 is 2. The molecule has 0 saturated heterocycles. The van der Waals surface area contributed by atoms with Crippen molar-refractivity contribution < 1.29 is 9.47 Å². The number of nitrogens with zero attached hydrogens (tertiary/aromatic N) is 2. The first-order chi connectivity index (χ1) is 9.74. The number of nitrogens with two attached hydrogens (primary N) is 1. The molecule has 0 aliphatic carbocycles. The Balaban J connectivity index is 2.46. The van der Waals surface area contributed by atoms with Gasteiger partial charge >= 0.3 is 0 Å². The van der Waals surface area contributed by atoms with Crippen LogP contribution in [0, 0.1) is 0 Å². The van der Waals surface area contributed by atoms with Gasteiger partial charge in [-0.05, 0) is 25.1 Å². The molecule has 2 rings (SSSR count). The molecule has 0 fully saturated rings. The second kappa shape index (κ2) is 6.40. The third-order valence-corrected chi connectivity index (χ3v) is 3.26. The van der Waals surface area contributed by atoms with E-state index in [0.29, 0.717) is 0 Å². The maximum atomic E-state index is 5.74. The summed E-state index contributed by atoms with van der Waals surface area (Å²) in [6, 6.07) is 7.41. The molecule has 6 heteroatoms. The second-order valence-electron chi connectivity index (χ2n) is 4.28. The Morgan fingerprint density at radius 2 is 2.10 bits per heavy atom. The first kappa shape index (κ1) is 14.4. The van der Waals surface area contributed by atoms with Crippen LogP contribution in [0.3, 0.4) is 0 Å². The van der Waals surface area contributed by atoms with Gasteiger partial charge < -0.3 is 9.47 Å². The Labute approximate surface area is 118 Å². The molecule has 0 saturated carbocycles. The zero-order valence-corrected chi connectivity index (χ0v) is 12.0. The lowest BCUT2D eigenvalue weighted by atomic mass is 10.0. The number of hydrogen-bond acceptors (Lipinski definition) is 5. The van der Waals surface area contributed by atoms with Crippen molar-refractivity contribution >= 4 is 0 Å². The van der Waals surface area contributed by atoms with Crippen LogP contribution < -0.4 is 20.7 Å². The Kier molecular flexibility index (Phi) is 4.60. The maximum Gasteiger partial charge on any atom is 0.127 e. The van der Waals surface area contributed by atoms with Gasteiger partial charge in [-0.3, -0.25) is 10.5 Å². The highest BCUT2D eigenvalue weighted by Gasteiger charge is 2.20. The standard InChI is InChI=1S/C14H20N4O2/c1-4-18-12(7-8-16-18)14(17-15)11-6-5-10(19-2)9-13(11)20-3/h5-9,14,17H,4,15H2,1-3H3. The van der Waals surface area contributed by atoms with Gasteiger partial charge in [0.2, 0.25) is 0 Å². The van der Waals surface area contributed by atoms with Gasteiger partial charge in [0.05, 0.1) is 26.0 Å². The maximum absolute atomic E-state index is 5.74. The Bertz CT molecular complexity index is 568. The van der Waals surface area contributed by atoms with Crippen LogP contribution >= 0.6 is 0 Å². The molecule has 6 nitrogen and oxygen atoms in total. The van der Waals surface area contributed by atoms with Gasteiger partial charge in [0.15, 0.2) is 0 Å². The van der Waals surface area contributed by atoms with Crippen LogP contribution in [0.1, 0.15) is 24.2 Å². The highest BCUT2D eigenvalue weighted by atomic mass is 16.5. The lowest BCUT2D eigenvalue weighted by molar-refractivity contribution is 0.386. The average Bonchev–Trinajstić information content (AvgIpc) is 2.96. The topological polar surface area (TPSA) is 74.3 Å². The van der Waals surface area contributed by atoms with Crippen LogP contribution in [-0.4, -0.2) is 24.0 Å². The molecule has 0 aliphatic rings. The highest BCUT2D eigenvalue weighted by Crippen LogP contribution is 2.32. The van der Waals surface area contributed by atoms with E-state index in [0.717, 1.165) is 29.3 Å². The third-order valence-electron chi connectivity index (χ3n) is 3.26. The Morgan fingerprint density at radius 1 is 1.30 bits per heavy atom. The molecule has 0 spiro atoms. The minimum atomic E-state index is -0.196. The molecular weight excluding hydrogens is 256 g/mol. The molecule has 2 aromatic rings. The van der Waals surface area contributed by atoms with E-state index in [1.807, 2.05) is 35.9 Å². The number of benzene rings is 1. The minimum Gasteiger partial charge on any atom is -0.497 e. The quantitative estimate of drug-likeness (QED) is 0.617. The van der Waals surface area contributed by atoms with E-state index in [2.05, 4.69) is 10.5 Å². The zero-order valence-electron chi connectivity index (χ0n) is 12.0. The predicted molar refractivity (Wildman–Crippen MR) is 76.6 cm³/mol. The minimum absolute atomic E-state index is 0.196. The van der Waals surface area contributed by atoms with Gasteiger partial charge in [0, 0.05) is 24.4 Å². The van der Waals surface area contributed by atoms with Crippen LogP contribution in [-0.2, 0) is 6.54 Å². The van der Waals surface area contributed by atoms with Gasteiger partial charge in [-0.1, -0.05) is 0 Å². The van der Waals surface area contributed by atoms with Crippen LogP contribution in [0.4, 0.5) is 0 Å². The molecule has 1 aromatic heterocycles. The number of hydrazine groups is 1.